The van der Waals surface area contributed by atoms with E-state index in [1.807, 2.05) is 92.6 Å². The fourth-order valence-corrected chi connectivity index (χ4v) is 11.1. The van der Waals surface area contributed by atoms with Crippen molar-refractivity contribution in [2.75, 3.05) is 6.61 Å². The minimum atomic E-state index is -3.01. The molecule has 260 valence electrons. The van der Waals surface area contributed by atoms with Crippen LogP contribution < -0.4 is 26.9 Å². The Morgan fingerprint density at radius 3 is 2.00 bits per heavy atom. The van der Waals surface area contributed by atoms with E-state index >= 15 is 0 Å². The second-order valence-electron chi connectivity index (χ2n) is 14.6. The van der Waals surface area contributed by atoms with Gasteiger partial charge in [0.2, 0.25) is 0 Å². The zero-order chi connectivity index (χ0) is 35.4. The van der Waals surface area contributed by atoms with Gasteiger partial charge in [0.05, 0.1) is 18.7 Å². The van der Waals surface area contributed by atoms with Crippen molar-refractivity contribution in [3.05, 3.63) is 129 Å². The minimum Gasteiger partial charge on any atom is -0.444 e. The van der Waals surface area contributed by atoms with E-state index in [2.05, 4.69) is 55.3 Å². The van der Waals surface area contributed by atoms with Gasteiger partial charge in [-0.05, 0) is 48.7 Å². The number of H-pyrrole nitrogens is 1. The second-order valence-corrected chi connectivity index (χ2v) is 18.9. The van der Waals surface area contributed by atoms with Gasteiger partial charge in [-0.25, -0.2) is 9.59 Å². The van der Waals surface area contributed by atoms with Crippen LogP contribution in [0.15, 0.2) is 107 Å². The van der Waals surface area contributed by atoms with Crippen LogP contribution in [-0.2, 0) is 20.5 Å². The van der Waals surface area contributed by atoms with E-state index in [-0.39, 0.29) is 11.6 Å². The zero-order valence-electron chi connectivity index (χ0n) is 29.4. The van der Waals surface area contributed by atoms with E-state index in [9.17, 15) is 14.4 Å². The highest BCUT2D eigenvalue weighted by Crippen LogP contribution is 2.38. The summed E-state index contributed by atoms with van der Waals surface area (Å²) in [6.07, 6.45) is 0.517. The summed E-state index contributed by atoms with van der Waals surface area (Å²) in [6.45, 7) is 14.2. The molecule has 2 heterocycles. The standard InChI is InChI=1S/C38H48N4O6Si/c1-27-24-41(35(44)40-34(27)43)33-23-32(42(48-33)25-28-17-11-8-12-18-28)31(39-36(45)47-37(2,3)4)26-46-49(38(5,6)7,29-19-13-9-14-20-29)30-21-15-10-16-22-30/h8-22,24,31-33H,23,25-26H2,1-7H3,(H,39,45)(H,40,43,44)/t31-,32-,33-/m0/s1. The number of rotatable bonds is 10. The van der Waals surface area contributed by atoms with Crippen LogP contribution in [0.2, 0.25) is 5.04 Å². The molecule has 4 aromatic rings. The van der Waals surface area contributed by atoms with Crippen LogP contribution >= 0.6 is 0 Å². The lowest BCUT2D eigenvalue weighted by Crippen LogP contribution is -2.68. The molecular weight excluding hydrogens is 637 g/mol. The molecule has 1 amide bonds. The highest BCUT2D eigenvalue weighted by molar-refractivity contribution is 6.99. The zero-order valence-corrected chi connectivity index (χ0v) is 30.4. The van der Waals surface area contributed by atoms with Crippen LogP contribution in [0.1, 0.15) is 65.3 Å². The van der Waals surface area contributed by atoms with Crippen molar-refractivity contribution in [2.45, 2.75) is 90.4 Å². The average Bonchev–Trinajstić information content (AvgIpc) is 3.45. The monoisotopic (exact) mass is 684 g/mol. The smallest absolute Gasteiger partial charge is 0.408 e. The van der Waals surface area contributed by atoms with E-state index in [0.717, 1.165) is 15.9 Å². The van der Waals surface area contributed by atoms with Crippen LogP contribution in [0.5, 0.6) is 0 Å². The first-order valence-corrected chi connectivity index (χ1v) is 18.6. The number of hydrogen-bond donors (Lipinski definition) is 2. The number of amides is 1. The number of alkyl carbamates (subject to hydrolysis) is 1. The Bertz CT molecular complexity index is 1780. The predicted molar refractivity (Wildman–Crippen MR) is 193 cm³/mol. The molecule has 1 saturated heterocycles. The summed E-state index contributed by atoms with van der Waals surface area (Å²) in [5.41, 5.74) is -0.366. The van der Waals surface area contributed by atoms with Gasteiger partial charge in [0.25, 0.3) is 13.9 Å². The van der Waals surface area contributed by atoms with E-state index < -0.39 is 49.6 Å². The third kappa shape index (κ3) is 8.30. The van der Waals surface area contributed by atoms with Crippen molar-refractivity contribution >= 4 is 24.8 Å². The van der Waals surface area contributed by atoms with Gasteiger partial charge in [-0.15, -0.1) is 0 Å². The summed E-state index contributed by atoms with van der Waals surface area (Å²) in [5.74, 6) is 0. The first kappa shape index (κ1) is 36.0. The number of carbonyl (C=O) groups is 1. The van der Waals surface area contributed by atoms with Crippen LogP contribution in [0, 0.1) is 6.92 Å². The van der Waals surface area contributed by atoms with Gasteiger partial charge < -0.3 is 14.5 Å². The molecular formula is C38H48N4O6Si. The number of hydrogen-bond acceptors (Lipinski definition) is 7. The fraction of sp³-hybridized carbons (Fsp3) is 0.395. The SMILES string of the molecule is Cc1cn([C@@H]2C[C@@H]([C@H](CO[Si](c3ccccc3)(c3ccccc3)C(C)(C)C)NC(=O)OC(C)(C)C)N(Cc3ccccc3)O2)c(=O)[nH]c1=O. The molecule has 0 unspecified atom stereocenters. The van der Waals surface area contributed by atoms with Crippen molar-refractivity contribution < 1.29 is 18.8 Å². The summed E-state index contributed by atoms with van der Waals surface area (Å²) in [6, 6.07) is 29.4. The topological polar surface area (TPSA) is 115 Å². The number of aryl methyl sites for hydroxylation is 1. The van der Waals surface area contributed by atoms with Crippen LogP contribution in [0.3, 0.4) is 0 Å². The average molecular weight is 685 g/mol. The van der Waals surface area contributed by atoms with Gasteiger partial charge in [-0.2, -0.15) is 5.06 Å². The molecule has 0 saturated carbocycles. The van der Waals surface area contributed by atoms with Crippen LogP contribution in [0.25, 0.3) is 0 Å². The lowest BCUT2D eigenvalue weighted by molar-refractivity contribution is -0.194. The number of aromatic amines is 1. The van der Waals surface area contributed by atoms with Gasteiger partial charge >= 0.3 is 11.8 Å². The van der Waals surface area contributed by atoms with Crippen molar-refractivity contribution in [1.29, 1.82) is 0 Å². The Hall–Kier alpha value is -4.29. The maximum atomic E-state index is 13.5. The van der Waals surface area contributed by atoms with E-state index in [1.165, 1.54) is 10.8 Å². The van der Waals surface area contributed by atoms with Crippen LogP contribution in [0.4, 0.5) is 4.79 Å². The molecule has 0 bridgehead atoms. The quantitative estimate of drug-likeness (QED) is 0.226. The molecule has 0 radical (unpaired) electrons. The minimum absolute atomic E-state index is 0.137. The lowest BCUT2D eigenvalue weighted by atomic mass is 10.0. The predicted octanol–water partition coefficient (Wildman–Crippen LogP) is 5.02. The van der Waals surface area contributed by atoms with E-state index in [4.69, 9.17) is 14.0 Å². The third-order valence-corrected chi connectivity index (χ3v) is 13.8. The van der Waals surface area contributed by atoms with Gasteiger partial charge in [0, 0.05) is 24.7 Å². The molecule has 11 heteroatoms. The van der Waals surface area contributed by atoms with Gasteiger partial charge in [-0.1, -0.05) is 112 Å². The maximum Gasteiger partial charge on any atom is 0.408 e. The molecule has 3 aromatic carbocycles. The second kappa shape index (κ2) is 14.7. The normalized spacial score (nSPS) is 17.9. The summed E-state index contributed by atoms with van der Waals surface area (Å²) in [7, 11) is -3.01. The maximum absolute atomic E-state index is 13.5. The highest BCUT2D eigenvalue weighted by atomic mass is 28.4. The summed E-state index contributed by atoms with van der Waals surface area (Å²) >= 11 is 0. The first-order chi connectivity index (χ1) is 23.2. The molecule has 0 aliphatic carbocycles. The number of benzene rings is 3. The largest absolute Gasteiger partial charge is 0.444 e. The van der Waals surface area contributed by atoms with Crippen LogP contribution in [-0.4, -0.2) is 53.3 Å². The Kier molecular flexibility index (Phi) is 10.8. The van der Waals surface area contributed by atoms with Crippen molar-refractivity contribution in [3.63, 3.8) is 0 Å². The Morgan fingerprint density at radius 1 is 0.918 bits per heavy atom. The Labute approximate surface area is 289 Å². The summed E-state index contributed by atoms with van der Waals surface area (Å²) in [4.78, 5) is 47.7. The van der Waals surface area contributed by atoms with E-state index in [0.29, 0.717) is 18.5 Å². The van der Waals surface area contributed by atoms with Gasteiger partial charge in [0.1, 0.15) is 5.60 Å². The first-order valence-electron chi connectivity index (χ1n) is 16.7. The number of aromatic nitrogens is 2. The van der Waals surface area contributed by atoms with E-state index in [1.54, 1.807) is 6.92 Å². The molecule has 1 aromatic heterocycles. The lowest BCUT2D eigenvalue weighted by Gasteiger charge is -2.44. The number of nitrogens with zero attached hydrogens (tertiary/aromatic N) is 2. The van der Waals surface area contributed by atoms with Gasteiger partial charge in [-0.3, -0.25) is 19.2 Å². The Morgan fingerprint density at radius 2 is 1.47 bits per heavy atom. The summed E-state index contributed by atoms with van der Waals surface area (Å²) < 4.78 is 14.5. The molecule has 10 nitrogen and oxygen atoms in total. The molecule has 5 rings (SSSR count). The number of hydroxylamine groups is 2. The molecule has 1 aliphatic rings. The fourth-order valence-electron chi connectivity index (χ4n) is 6.53. The number of carbonyl (C=O) groups excluding carboxylic acids is 1. The summed E-state index contributed by atoms with van der Waals surface area (Å²) in [5, 5.41) is 6.87. The number of nitrogens with one attached hydrogen (secondary N) is 2. The Balaban J connectivity index is 1.59. The highest BCUT2D eigenvalue weighted by Gasteiger charge is 2.51. The molecule has 3 atom stereocenters. The van der Waals surface area contributed by atoms with Crippen molar-refractivity contribution in [1.82, 2.24) is 19.9 Å². The van der Waals surface area contributed by atoms with Crippen molar-refractivity contribution in [2.24, 2.45) is 0 Å². The van der Waals surface area contributed by atoms with Crippen molar-refractivity contribution in [3.8, 4) is 0 Å². The molecule has 1 aliphatic heterocycles. The molecule has 0 spiro atoms. The van der Waals surface area contributed by atoms with Gasteiger partial charge in [0.15, 0.2) is 6.23 Å². The molecule has 1 fully saturated rings. The molecule has 49 heavy (non-hydrogen) atoms. The number of ether oxygens (including phenoxy) is 1. The molecule has 2 N–H and O–H groups in total. The third-order valence-electron chi connectivity index (χ3n) is 8.77.